The Bertz CT molecular complexity index is 479. The van der Waals surface area contributed by atoms with Crippen LogP contribution >= 0.6 is 15.9 Å². The highest BCUT2D eigenvalue weighted by Gasteiger charge is 2.24. The third-order valence-electron chi connectivity index (χ3n) is 3.85. The molecule has 0 spiro atoms. The van der Waals surface area contributed by atoms with Gasteiger partial charge in [-0.05, 0) is 37.8 Å². The Morgan fingerprint density at radius 1 is 1.42 bits per heavy atom. The zero-order valence-corrected chi connectivity index (χ0v) is 12.9. The molecule has 2 rings (SSSR count). The first-order valence-electron chi connectivity index (χ1n) is 6.63. The van der Waals surface area contributed by atoms with Gasteiger partial charge in [-0.3, -0.25) is 10.1 Å². The van der Waals surface area contributed by atoms with Crippen molar-refractivity contribution in [1.82, 2.24) is 0 Å². The molecule has 0 N–H and O–H groups in total. The van der Waals surface area contributed by atoms with E-state index in [1.165, 1.54) is 12.8 Å². The summed E-state index contributed by atoms with van der Waals surface area (Å²) in [6.07, 6.45) is 2.44. The molecule has 1 aromatic rings. The molecule has 2 atom stereocenters. The van der Waals surface area contributed by atoms with Gasteiger partial charge < -0.3 is 4.90 Å². The average molecular weight is 327 g/mol. The highest BCUT2D eigenvalue weighted by atomic mass is 79.9. The van der Waals surface area contributed by atoms with Gasteiger partial charge in [-0.2, -0.15) is 0 Å². The maximum absolute atomic E-state index is 11.0. The zero-order chi connectivity index (χ0) is 14.0. The van der Waals surface area contributed by atoms with Gasteiger partial charge in [-0.25, -0.2) is 0 Å². The third kappa shape index (κ3) is 3.08. The number of nitro benzene ring substituents is 1. The molecule has 1 heterocycles. The first-order chi connectivity index (χ1) is 9.02. The molecule has 2 unspecified atom stereocenters. The van der Waals surface area contributed by atoms with Gasteiger partial charge in [0, 0.05) is 35.2 Å². The summed E-state index contributed by atoms with van der Waals surface area (Å²) in [6, 6.07) is 5.94. The number of hydrogen-bond acceptors (Lipinski definition) is 3. The lowest BCUT2D eigenvalue weighted by atomic mass is 9.94. The largest absolute Gasteiger partial charge is 0.369 e. The molecule has 19 heavy (non-hydrogen) atoms. The molecule has 0 aromatic heterocycles. The van der Waals surface area contributed by atoms with Crippen LogP contribution in [0.3, 0.4) is 0 Å². The maximum atomic E-state index is 11.0. The van der Waals surface area contributed by atoms with Crippen molar-refractivity contribution in [2.45, 2.75) is 38.1 Å². The van der Waals surface area contributed by atoms with Gasteiger partial charge in [0.1, 0.15) is 0 Å². The van der Waals surface area contributed by atoms with Crippen molar-refractivity contribution in [2.75, 3.05) is 11.4 Å². The van der Waals surface area contributed by atoms with Gasteiger partial charge in [0.2, 0.25) is 0 Å². The molecule has 1 aliphatic rings. The minimum atomic E-state index is -0.317. The van der Waals surface area contributed by atoms with Crippen LogP contribution in [-0.2, 0) is 5.33 Å². The second kappa shape index (κ2) is 5.90. The van der Waals surface area contributed by atoms with Gasteiger partial charge >= 0.3 is 0 Å². The summed E-state index contributed by atoms with van der Waals surface area (Å²) in [5.41, 5.74) is 2.03. The van der Waals surface area contributed by atoms with Crippen molar-refractivity contribution in [1.29, 1.82) is 0 Å². The number of anilines is 1. The number of hydrogen-bond donors (Lipinski definition) is 0. The van der Waals surface area contributed by atoms with Crippen LogP contribution in [0.15, 0.2) is 18.2 Å². The van der Waals surface area contributed by atoms with Gasteiger partial charge in [0.05, 0.1) is 4.92 Å². The van der Waals surface area contributed by atoms with Crippen LogP contribution in [0.4, 0.5) is 11.4 Å². The second-order valence-corrected chi connectivity index (χ2v) is 5.95. The van der Waals surface area contributed by atoms with Crippen LogP contribution in [0.5, 0.6) is 0 Å². The van der Waals surface area contributed by atoms with Gasteiger partial charge in [-0.1, -0.05) is 22.9 Å². The first-order valence-corrected chi connectivity index (χ1v) is 7.75. The lowest BCUT2D eigenvalue weighted by molar-refractivity contribution is -0.385. The Kier molecular flexibility index (Phi) is 4.45. The Labute approximate surface area is 122 Å². The fourth-order valence-corrected chi connectivity index (χ4v) is 3.13. The number of halogens is 1. The molecule has 1 aromatic carbocycles. The van der Waals surface area contributed by atoms with Crippen molar-refractivity contribution < 1.29 is 4.92 Å². The van der Waals surface area contributed by atoms with Crippen molar-refractivity contribution in [3.8, 4) is 0 Å². The summed E-state index contributed by atoms with van der Waals surface area (Å²) in [4.78, 5) is 13.0. The lowest BCUT2D eigenvalue weighted by Gasteiger charge is -2.38. The van der Waals surface area contributed by atoms with Crippen molar-refractivity contribution in [3.63, 3.8) is 0 Å². The number of rotatable bonds is 3. The summed E-state index contributed by atoms with van der Waals surface area (Å²) in [5.74, 6) is 0.679. The average Bonchev–Trinajstić information content (AvgIpc) is 2.40. The fourth-order valence-electron chi connectivity index (χ4n) is 2.68. The Morgan fingerprint density at radius 2 is 2.16 bits per heavy atom. The molecule has 1 aliphatic heterocycles. The van der Waals surface area contributed by atoms with E-state index in [2.05, 4.69) is 34.7 Å². The maximum Gasteiger partial charge on any atom is 0.273 e. The molecule has 0 radical (unpaired) electrons. The number of nitro groups is 1. The van der Waals surface area contributed by atoms with Crippen LogP contribution in [0.1, 0.15) is 32.3 Å². The van der Waals surface area contributed by atoms with Crippen LogP contribution < -0.4 is 4.90 Å². The minimum absolute atomic E-state index is 0.193. The van der Waals surface area contributed by atoms with E-state index >= 15 is 0 Å². The van der Waals surface area contributed by atoms with E-state index in [0.717, 1.165) is 17.8 Å². The van der Waals surface area contributed by atoms with Crippen LogP contribution in [0.2, 0.25) is 0 Å². The molecule has 4 nitrogen and oxygen atoms in total. The van der Waals surface area contributed by atoms with Crippen molar-refractivity contribution in [3.05, 3.63) is 33.9 Å². The minimum Gasteiger partial charge on any atom is -0.369 e. The van der Waals surface area contributed by atoms with Gasteiger partial charge in [0.25, 0.3) is 5.69 Å². The zero-order valence-electron chi connectivity index (χ0n) is 11.3. The molecule has 0 aliphatic carbocycles. The Balaban J connectivity index is 2.32. The molecule has 1 saturated heterocycles. The topological polar surface area (TPSA) is 46.4 Å². The predicted molar refractivity (Wildman–Crippen MR) is 80.9 cm³/mol. The molecule has 5 heteroatoms. The lowest BCUT2D eigenvalue weighted by Crippen LogP contribution is -2.41. The monoisotopic (exact) mass is 326 g/mol. The molecule has 1 fully saturated rings. The smallest absolute Gasteiger partial charge is 0.273 e. The number of piperidine rings is 1. The third-order valence-corrected chi connectivity index (χ3v) is 4.46. The normalized spacial score (nSPS) is 23.4. The van der Waals surface area contributed by atoms with Crippen LogP contribution in [0, 0.1) is 16.0 Å². The summed E-state index contributed by atoms with van der Waals surface area (Å²) in [6.45, 7) is 5.51. The van der Waals surface area contributed by atoms with E-state index < -0.39 is 0 Å². The predicted octanol–water partition coefficient (Wildman–Crippen LogP) is 4.11. The highest BCUT2D eigenvalue weighted by Crippen LogP contribution is 2.31. The SMILES string of the molecule is CC1CCC(C)N(c2ccc([N+](=O)[O-])c(CBr)c2)C1. The molecule has 0 saturated carbocycles. The highest BCUT2D eigenvalue weighted by molar-refractivity contribution is 9.08. The quantitative estimate of drug-likeness (QED) is 0.477. The number of benzene rings is 1. The van der Waals surface area contributed by atoms with Crippen molar-refractivity contribution >= 4 is 27.3 Å². The molecule has 0 bridgehead atoms. The van der Waals surface area contributed by atoms with Gasteiger partial charge in [-0.15, -0.1) is 0 Å². The van der Waals surface area contributed by atoms with E-state index in [1.54, 1.807) is 6.07 Å². The van der Waals surface area contributed by atoms with Crippen molar-refractivity contribution in [2.24, 2.45) is 5.92 Å². The van der Waals surface area contributed by atoms with E-state index in [0.29, 0.717) is 17.3 Å². The Morgan fingerprint density at radius 3 is 2.79 bits per heavy atom. The molecule has 104 valence electrons. The summed E-state index contributed by atoms with van der Waals surface area (Å²) in [5, 5.41) is 11.5. The van der Waals surface area contributed by atoms with Crippen LogP contribution in [0.25, 0.3) is 0 Å². The Hall–Kier alpha value is -1.10. The first kappa shape index (κ1) is 14.3. The second-order valence-electron chi connectivity index (χ2n) is 5.39. The fraction of sp³-hybridized carbons (Fsp3) is 0.571. The summed E-state index contributed by atoms with van der Waals surface area (Å²) in [7, 11) is 0. The summed E-state index contributed by atoms with van der Waals surface area (Å²) >= 11 is 3.34. The molecular formula is C14H19BrN2O2. The number of nitrogens with zero attached hydrogens (tertiary/aromatic N) is 2. The summed E-state index contributed by atoms with van der Waals surface area (Å²) < 4.78 is 0. The number of alkyl halides is 1. The molecular weight excluding hydrogens is 308 g/mol. The van der Waals surface area contributed by atoms with E-state index in [-0.39, 0.29) is 10.6 Å². The van der Waals surface area contributed by atoms with E-state index in [9.17, 15) is 10.1 Å². The molecule has 0 amide bonds. The van der Waals surface area contributed by atoms with Crippen LogP contribution in [-0.4, -0.2) is 17.5 Å². The van der Waals surface area contributed by atoms with E-state index in [1.807, 2.05) is 12.1 Å². The van der Waals surface area contributed by atoms with Gasteiger partial charge in [0.15, 0.2) is 0 Å². The van der Waals surface area contributed by atoms with E-state index in [4.69, 9.17) is 0 Å². The standard InChI is InChI=1S/C14H19BrN2O2/c1-10-3-4-11(2)16(9-10)13-5-6-14(17(18)19)12(7-13)8-15/h5-7,10-11H,3-4,8-9H2,1-2H3.